The fourth-order valence-electron chi connectivity index (χ4n) is 5.23. The number of rotatable bonds is 8. The van der Waals surface area contributed by atoms with Crippen molar-refractivity contribution in [1.29, 1.82) is 0 Å². The molecule has 1 spiro atoms. The van der Waals surface area contributed by atoms with Gasteiger partial charge in [0, 0.05) is 50.5 Å². The molecular weight excluding hydrogens is 496 g/mol. The Hall–Kier alpha value is -2.43. The molecule has 37 heavy (non-hydrogen) atoms. The first-order chi connectivity index (χ1) is 17.8. The third kappa shape index (κ3) is 6.35. The first-order valence-corrected chi connectivity index (χ1v) is 13.9. The van der Waals surface area contributed by atoms with Crippen LogP contribution in [0.25, 0.3) is 0 Å². The summed E-state index contributed by atoms with van der Waals surface area (Å²) in [6.45, 7) is 4.76. The third-order valence-electron chi connectivity index (χ3n) is 7.76. The van der Waals surface area contributed by atoms with Gasteiger partial charge in [-0.25, -0.2) is 13.8 Å². The quantitative estimate of drug-likeness (QED) is 0.332. The molecule has 0 atom stereocenters. The van der Waals surface area contributed by atoms with Crippen LogP contribution in [0.2, 0.25) is 0 Å². The van der Waals surface area contributed by atoms with Gasteiger partial charge < -0.3 is 20.2 Å². The summed E-state index contributed by atoms with van der Waals surface area (Å²) in [6, 6.07) is 9.47. The van der Waals surface area contributed by atoms with Crippen LogP contribution >= 0.6 is 11.9 Å². The zero-order valence-corrected chi connectivity index (χ0v) is 22.0. The Morgan fingerprint density at radius 2 is 1.73 bits per heavy atom. The minimum absolute atomic E-state index is 0.0554. The molecule has 200 valence electrons. The van der Waals surface area contributed by atoms with E-state index in [1.54, 1.807) is 6.07 Å². The lowest BCUT2D eigenvalue weighted by Gasteiger charge is -2.35. The summed E-state index contributed by atoms with van der Waals surface area (Å²) in [5, 5.41) is 12.0. The van der Waals surface area contributed by atoms with Crippen LogP contribution in [-0.4, -0.2) is 61.3 Å². The van der Waals surface area contributed by atoms with Crippen LogP contribution in [0.15, 0.2) is 35.2 Å². The molecule has 3 aliphatic rings. The molecule has 3 heterocycles. The number of carbonyl (C=O) groups excluding carboxylic acids is 1. The van der Waals surface area contributed by atoms with Crippen molar-refractivity contribution >= 4 is 35.2 Å². The highest BCUT2D eigenvalue weighted by Crippen LogP contribution is 2.54. The molecule has 7 nitrogen and oxygen atoms in total. The molecule has 10 heteroatoms. The fraction of sp³-hybridized carbons (Fsp3) is 0.556. The van der Waals surface area contributed by atoms with E-state index in [9.17, 15) is 13.6 Å². The molecule has 1 amide bonds. The number of piperidine rings is 2. The van der Waals surface area contributed by atoms with E-state index in [4.69, 9.17) is 5.11 Å². The van der Waals surface area contributed by atoms with Gasteiger partial charge >= 0.3 is 0 Å². The molecule has 2 aliphatic heterocycles. The molecule has 0 unspecified atom stereocenters. The van der Waals surface area contributed by atoms with E-state index >= 15 is 0 Å². The summed E-state index contributed by atoms with van der Waals surface area (Å²) >= 11 is 1.44. The number of anilines is 3. The van der Waals surface area contributed by atoms with Crippen LogP contribution in [0.1, 0.15) is 54.4 Å². The van der Waals surface area contributed by atoms with Crippen LogP contribution in [0.3, 0.4) is 0 Å². The highest BCUT2D eigenvalue weighted by molar-refractivity contribution is 7.97. The van der Waals surface area contributed by atoms with E-state index in [1.807, 2.05) is 36.1 Å². The average molecular weight is 532 g/mol. The van der Waals surface area contributed by atoms with E-state index < -0.39 is 5.92 Å². The molecule has 2 aromatic rings. The smallest absolute Gasteiger partial charge is 0.258 e. The number of pyridine rings is 1. The number of aliphatic hydroxyl groups excluding tert-OH is 1. The minimum Gasteiger partial charge on any atom is -0.395 e. The summed E-state index contributed by atoms with van der Waals surface area (Å²) in [7, 11) is 0. The van der Waals surface area contributed by atoms with Gasteiger partial charge in [0.25, 0.3) is 11.8 Å². The number of nitrogens with one attached hydrogen (secondary N) is 2. The van der Waals surface area contributed by atoms with Gasteiger partial charge in [-0.15, -0.1) is 0 Å². The molecule has 5 rings (SSSR count). The van der Waals surface area contributed by atoms with E-state index in [-0.39, 0.29) is 38.4 Å². The lowest BCUT2D eigenvalue weighted by atomic mass is 9.93. The highest BCUT2D eigenvalue weighted by Gasteiger charge is 2.44. The maximum absolute atomic E-state index is 13.6. The molecule has 1 aromatic carbocycles. The van der Waals surface area contributed by atoms with E-state index in [0.717, 1.165) is 42.1 Å². The molecule has 0 radical (unpaired) electrons. The van der Waals surface area contributed by atoms with Gasteiger partial charge in [-0.2, -0.15) is 0 Å². The standard InChI is InChI=1S/C27H35F2N5O2S/c1-19-16-23(31-24(17-19)34-13-8-27(28,29)9-14-34)32-25(36)21-3-2-20(37-30-10-15-35)18-22(21)33-11-6-26(4-5-26)7-12-33/h2-3,16-18,30,35H,4-15H2,1H3,(H,31,32,36). The van der Waals surface area contributed by atoms with Crippen molar-refractivity contribution in [3.8, 4) is 0 Å². The van der Waals surface area contributed by atoms with Gasteiger partial charge in [-0.05, 0) is 85.9 Å². The number of carbonyl (C=O) groups is 1. The van der Waals surface area contributed by atoms with Crippen molar-refractivity contribution < 1.29 is 18.7 Å². The Bertz CT molecular complexity index is 1120. The Morgan fingerprint density at radius 1 is 1.03 bits per heavy atom. The zero-order valence-electron chi connectivity index (χ0n) is 21.2. The normalized spacial score (nSPS) is 20.2. The lowest BCUT2D eigenvalue weighted by Crippen LogP contribution is -2.39. The number of alkyl halides is 2. The molecule has 0 bridgehead atoms. The van der Waals surface area contributed by atoms with Gasteiger partial charge in [0.05, 0.1) is 17.9 Å². The second-order valence-corrected chi connectivity index (χ2v) is 11.5. The Balaban J connectivity index is 1.35. The van der Waals surface area contributed by atoms with Crippen LogP contribution in [-0.2, 0) is 0 Å². The molecule has 1 aromatic heterocycles. The van der Waals surface area contributed by atoms with Crippen molar-refractivity contribution in [2.75, 3.05) is 54.4 Å². The van der Waals surface area contributed by atoms with Crippen molar-refractivity contribution in [3.63, 3.8) is 0 Å². The number of hydrogen-bond acceptors (Lipinski definition) is 7. The van der Waals surface area contributed by atoms with Gasteiger partial charge in [0.1, 0.15) is 11.6 Å². The zero-order chi connectivity index (χ0) is 26.0. The van der Waals surface area contributed by atoms with E-state index in [1.165, 1.54) is 24.8 Å². The molecule has 3 N–H and O–H groups in total. The Labute approximate surface area is 221 Å². The number of hydrogen-bond donors (Lipinski definition) is 3. The predicted molar refractivity (Wildman–Crippen MR) is 144 cm³/mol. The molecule has 3 fully saturated rings. The van der Waals surface area contributed by atoms with Crippen LogP contribution in [0.4, 0.5) is 26.1 Å². The number of benzene rings is 1. The molecule has 1 saturated carbocycles. The van der Waals surface area contributed by atoms with Crippen molar-refractivity contribution in [1.82, 2.24) is 9.71 Å². The Kier molecular flexibility index (Phi) is 7.60. The first-order valence-electron chi connectivity index (χ1n) is 13.1. The summed E-state index contributed by atoms with van der Waals surface area (Å²) in [5.41, 5.74) is 2.91. The summed E-state index contributed by atoms with van der Waals surface area (Å²) < 4.78 is 30.4. The third-order valence-corrected chi connectivity index (χ3v) is 8.59. The maximum Gasteiger partial charge on any atom is 0.258 e. The van der Waals surface area contributed by atoms with Crippen LogP contribution in [0.5, 0.6) is 0 Å². The van der Waals surface area contributed by atoms with Crippen molar-refractivity contribution in [2.24, 2.45) is 5.41 Å². The lowest BCUT2D eigenvalue weighted by molar-refractivity contribution is -0.0221. The van der Waals surface area contributed by atoms with Gasteiger partial charge in [0.15, 0.2) is 0 Å². The van der Waals surface area contributed by atoms with Gasteiger partial charge in [-0.1, -0.05) is 0 Å². The summed E-state index contributed by atoms with van der Waals surface area (Å²) in [4.78, 5) is 23.3. The number of nitrogens with zero attached hydrogens (tertiary/aromatic N) is 3. The number of aryl methyl sites for hydroxylation is 1. The number of aromatic nitrogens is 1. The maximum atomic E-state index is 13.6. The van der Waals surface area contributed by atoms with Crippen LogP contribution in [0, 0.1) is 12.3 Å². The van der Waals surface area contributed by atoms with Crippen molar-refractivity contribution in [2.45, 2.75) is 56.3 Å². The Morgan fingerprint density at radius 3 is 2.41 bits per heavy atom. The largest absolute Gasteiger partial charge is 0.395 e. The average Bonchev–Trinajstić information content (AvgIpc) is 3.62. The minimum atomic E-state index is -2.63. The molecular formula is C27H35F2N5O2S. The van der Waals surface area contributed by atoms with E-state index in [2.05, 4.69) is 19.9 Å². The first kappa shape index (κ1) is 26.2. The number of aliphatic hydroxyl groups is 1. The summed E-state index contributed by atoms with van der Waals surface area (Å²) in [5.74, 6) is -1.84. The molecule has 1 aliphatic carbocycles. The second kappa shape index (κ2) is 10.7. The van der Waals surface area contributed by atoms with Crippen molar-refractivity contribution in [3.05, 3.63) is 41.5 Å². The van der Waals surface area contributed by atoms with Gasteiger partial charge in [0.2, 0.25) is 0 Å². The van der Waals surface area contributed by atoms with Gasteiger partial charge in [-0.3, -0.25) is 9.52 Å². The number of halogens is 2. The topological polar surface area (TPSA) is 80.7 Å². The SMILES string of the molecule is Cc1cc(NC(=O)c2ccc(SNCCO)cc2N2CCC3(CC2)CC3)nc(N2CCC(F)(F)CC2)c1. The fourth-order valence-corrected chi connectivity index (χ4v) is 5.90. The second-order valence-electron chi connectivity index (χ2n) is 10.6. The monoisotopic (exact) mass is 531 g/mol. The molecule has 2 saturated heterocycles. The summed E-state index contributed by atoms with van der Waals surface area (Å²) in [6.07, 6.45) is 4.53. The van der Waals surface area contributed by atoms with E-state index in [0.29, 0.717) is 29.2 Å². The number of amides is 1. The van der Waals surface area contributed by atoms with Crippen LogP contribution < -0.4 is 19.8 Å². The highest BCUT2D eigenvalue weighted by atomic mass is 32.2. The predicted octanol–water partition coefficient (Wildman–Crippen LogP) is 4.85.